The molecule has 162 valence electrons. The zero-order valence-corrected chi connectivity index (χ0v) is 16.8. The van der Waals surface area contributed by atoms with E-state index < -0.39 is 27.9 Å². The fraction of sp³-hybridized carbons (Fsp3) is 0.286. The number of sulfonamides is 1. The maximum atomic E-state index is 14.1. The monoisotopic (exact) mass is 450 g/mol. The van der Waals surface area contributed by atoms with Gasteiger partial charge in [-0.25, -0.2) is 18.4 Å². The third-order valence-corrected chi connectivity index (χ3v) is 6.06. The first-order valence-corrected chi connectivity index (χ1v) is 10.9. The number of halogens is 3. The summed E-state index contributed by atoms with van der Waals surface area (Å²) in [5, 5.41) is 7.53. The lowest BCUT2D eigenvalue weighted by atomic mass is 9.88. The van der Waals surface area contributed by atoms with Crippen LogP contribution in [0.1, 0.15) is 29.5 Å². The molecule has 1 fully saturated rings. The van der Waals surface area contributed by atoms with Gasteiger partial charge in [0.2, 0.25) is 10.0 Å². The summed E-state index contributed by atoms with van der Waals surface area (Å²) in [5.74, 6) is 4.59. The summed E-state index contributed by atoms with van der Waals surface area (Å²) >= 11 is 0. The van der Waals surface area contributed by atoms with Gasteiger partial charge in [-0.3, -0.25) is 5.32 Å². The van der Waals surface area contributed by atoms with E-state index in [1.807, 2.05) is 0 Å². The number of carbonyl (C=O) groups excluding carboxylic acids is 1. The second kappa shape index (κ2) is 7.28. The maximum absolute atomic E-state index is 14.1. The molecular weight excluding hydrogens is 433 g/mol. The highest BCUT2D eigenvalue weighted by atomic mass is 32.2. The molecule has 31 heavy (non-hydrogen) atoms. The molecule has 1 heterocycles. The van der Waals surface area contributed by atoms with Gasteiger partial charge >= 0.3 is 12.3 Å². The predicted octanol–water partition coefficient (Wildman–Crippen LogP) is 3.66. The first kappa shape index (κ1) is 21.2. The van der Waals surface area contributed by atoms with Crippen LogP contribution >= 0.6 is 0 Å². The molecule has 1 aliphatic carbocycles. The average molecular weight is 450 g/mol. The molecule has 2 aromatic carbocycles. The van der Waals surface area contributed by atoms with Crippen LogP contribution in [-0.4, -0.2) is 20.7 Å². The van der Waals surface area contributed by atoms with Gasteiger partial charge in [0.25, 0.3) is 5.60 Å². The van der Waals surface area contributed by atoms with Crippen LogP contribution in [0.25, 0.3) is 0 Å². The summed E-state index contributed by atoms with van der Waals surface area (Å²) in [4.78, 5) is 11.9. The molecule has 10 heteroatoms. The van der Waals surface area contributed by atoms with E-state index in [-0.39, 0.29) is 28.5 Å². The van der Waals surface area contributed by atoms with Gasteiger partial charge in [-0.05, 0) is 48.4 Å². The second-order valence-electron chi connectivity index (χ2n) is 7.45. The van der Waals surface area contributed by atoms with Gasteiger partial charge in [0, 0.05) is 11.5 Å². The van der Waals surface area contributed by atoms with Crippen LogP contribution in [0.5, 0.6) is 0 Å². The van der Waals surface area contributed by atoms with Crippen LogP contribution < -0.4 is 10.5 Å². The van der Waals surface area contributed by atoms with Crippen LogP contribution in [0.3, 0.4) is 0 Å². The molecule has 2 aromatic rings. The summed E-state index contributed by atoms with van der Waals surface area (Å²) in [5.41, 5.74) is -2.63. The molecule has 1 aliphatic heterocycles. The summed E-state index contributed by atoms with van der Waals surface area (Å²) in [6.07, 6.45) is -4.73. The molecule has 1 saturated carbocycles. The molecule has 0 spiro atoms. The van der Waals surface area contributed by atoms with E-state index in [1.54, 1.807) is 12.1 Å². The molecule has 0 radical (unpaired) electrons. The normalized spacial score (nSPS) is 20.7. The minimum absolute atomic E-state index is 0.0728. The Morgan fingerprint density at radius 1 is 1.19 bits per heavy atom. The number of cyclic esters (lactones) is 1. The minimum Gasteiger partial charge on any atom is -0.415 e. The summed E-state index contributed by atoms with van der Waals surface area (Å²) in [6, 6.07) is 10.0. The third-order valence-electron chi connectivity index (χ3n) is 5.05. The largest absolute Gasteiger partial charge is 0.445 e. The van der Waals surface area contributed by atoms with Gasteiger partial charge in [-0.2, -0.15) is 13.2 Å². The van der Waals surface area contributed by atoms with Crippen molar-refractivity contribution in [1.29, 1.82) is 0 Å². The van der Waals surface area contributed by atoms with Crippen molar-refractivity contribution in [2.45, 2.75) is 35.9 Å². The Morgan fingerprint density at radius 3 is 2.55 bits per heavy atom. The molecule has 0 bridgehead atoms. The number of fused-ring (bicyclic) bond motifs is 1. The average Bonchev–Trinajstić information content (AvgIpc) is 3.49. The van der Waals surface area contributed by atoms with E-state index >= 15 is 0 Å². The maximum Gasteiger partial charge on any atom is 0.445 e. The Balaban J connectivity index is 1.78. The zero-order valence-electron chi connectivity index (χ0n) is 16.0. The van der Waals surface area contributed by atoms with Crippen LogP contribution in [0.4, 0.5) is 23.7 Å². The van der Waals surface area contributed by atoms with E-state index in [0.717, 1.165) is 0 Å². The minimum atomic E-state index is -4.96. The molecule has 0 saturated heterocycles. The van der Waals surface area contributed by atoms with Crippen molar-refractivity contribution >= 4 is 21.8 Å². The number of benzene rings is 2. The van der Waals surface area contributed by atoms with Crippen molar-refractivity contribution in [3.05, 3.63) is 59.2 Å². The summed E-state index contributed by atoms with van der Waals surface area (Å²) in [6.45, 7) is 0. The fourth-order valence-corrected chi connectivity index (χ4v) is 4.17. The summed E-state index contributed by atoms with van der Waals surface area (Å²) < 4.78 is 70.5. The van der Waals surface area contributed by atoms with Gasteiger partial charge in [-0.1, -0.05) is 36.3 Å². The Hall–Kier alpha value is -3.03. The molecule has 1 amide bonds. The topological polar surface area (TPSA) is 98.5 Å². The Morgan fingerprint density at radius 2 is 1.90 bits per heavy atom. The van der Waals surface area contributed by atoms with Crippen molar-refractivity contribution in [2.24, 2.45) is 11.1 Å². The number of hydrogen-bond acceptors (Lipinski definition) is 4. The number of primary sulfonamides is 1. The summed E-state index contributed by atoms with van der Waals surface area (Å²) in [7, 11) is -3.98. The SMILES string of the molecule is NS(=O)(=O)c1ccccc1Cc1ccc2c(c1)NC(=O)OC2(C#CC1CC1)C(F)(F)F. The second-order valence-corrected chi connectivity index (χ2v) is 8.98. The number of nitrogens with one attached hydrogen (secondary N) is 1. The van der Waals surface area contributed by atoms with Gasteiger partial charge in [0.05, 0.1) is 10.6 Å². The predicted molar refractivity (Wildman–Crippen MR) is 105 cm³/mol. The van der Waals surface area contributed by atoms with E-state index in [4.69, 9.17) is 9.88 Å². The van der Waals surface area contributed by atoms with Gasteiger partial charge in [-0.15, -0.1) is 0 Å². The van der Waals surface area contributed by atoms with E-state index in [1.165, 1.54) is 30.3 Å². The van der Waals surface area contributed by atoms with Gasteiger partial charge in [0.15, 0.2) is 0 Å². The molecule has 1 atom stereocenters. The van der Waals surface area contributed by atoms with Crippen molar-refractivity contribution in [1.82, 2.24) is 0 Å². The highest BCUT2D eigenvalue weighted by Crippen LogP contribution is 2.48. The number of alkyl halides is 3. The number of amides is 1. The van der Waals surface area contributed by atoms with Gasteiger partial charge in [0.1, 0.15) is 0 Å². The van der Waals surface area contributed by atoms with Crippen molar-refractivity contribution in [3.63, 3.8) is 0 Å². The first-order chi connectivity index (χ1) is 14.5. The first-order valence-electron chi connectivity index (χ1n) is 9.33. The lowest BCUT2D eigenvalue weighted by Gasteiger charge is -2.36. The Labute approximate surface area is 176 Å². The lowest BCUT2D eigenvalue weighted by Crippen LogP contribution is -2.49. The molecule has 6 nitrogen and oxygen atoms in total. The Kier molecular flexibility index (Phi) is 4.98. The molecular formula is C21H17F3N2O4S. The van der Waals surface area contributed by atoms with Crippen molar-refractivity contribution in [3.8, 4) is 11.8 Å². The number of nitrogens with two attached hydrogens (primary N) is 1. The van der Waals surface area contributed by atoms with Crippen molar-refractivity contribution in [2.75, 3.05) is 5.32 Å². The number of anilines is 1. The molecule has 4 rings (SSSR count). The molecule has 3 N–H and O–H groups in total. The van der Waals surface area contributed by atoms with E-state index in [2.05, 4.69) is 17.2 Å². The molecule has 2 aliphatic rings. The number of rotatable bonds is 3. The number of hydrogen-bond donors (Lipinski definition) is 2. The standard InChI is InChI=1S/C21H17F3N2O4S/c22-21(23,24)20(10-9-13-5-6-13)16-8-7-14(12-17(16)26-19(27)30-20)11-15-3-1-2-4-18(15)31(25,28)29/h1-4,7-8,12-13H,5-6,11H2,(H,26,27)(H2,25,28,29). The van der Waals surface area contributed by atoms with Crippen LogP contribution in [0.15, 0.2) is 47.4 Å². The fourth-order valence-electron chi connectivity index (χ4n) is 3.39. The number of ether oxygens (including phenoxy) is 1. The van der Waals surface area contributed by atoms with Crippen LogP contribution in [0.2, 0.25) is 0 Å². The molecule has 0 aromatic heterocycles. The number of carbonyl (C=O) groups is 1. The Bertz CT molecular complexity index is 1230. The van der Waals surface area contributed by atoms with E-state index in [9.17, 15) is 26.4 Å². The lowest BCUT2D eigenvalue weighted by molar-refractivity contribution is -0.239. The zero-order chi connectivity index (χ0) is 22.4. The quantitative estimate of drug-likeness (QED) is 0.698. The highest BCUT2D eigenvalue weighted by Gasteiger charge is 2.62. The third kappa shape index (κ3) is 4.11. The molecule has 1 unspecified atom stereocenters. The van der Waals surface area contributed by atoms with Crippen LogP contribution in [-0.2, 0) is 26.8 Å². The van der Waals surface area contributed by atoms with Gasteiger partial charge < -0.3 is 4.74 Å². The smallest absolute Gasteiger partial charge is 0.415 e. The van der Waals surface area contributed by atoms with Crippen molar-refractivity contribution < 1.29 is 31.1 Å². The van der Waals surface area contributed by atoms with E-state index in [0.29, 0.717) is 24.0 Å². The highest BCUT2D eigenvalue weighted by molar-refractivity contribution is 7.89. The van der Waals surface area contributed by atoms with Crippen LogP contribution in [0, 0.1) is 17.8 Å².